The van der Waals surface area contributed by atoms with Gasteiger partial charge in [0.15, 0.2) is 0 Å². The maximum Gasteiger partial charge on any atom is 0.524 e. The third-order valence-corrected chi connectivity index (χ3v) is 14.7. The smallest absolute Gasteiger partial charge is 0.465 e. The number of phosphoric ester groups is 1. The van der Waals surface area contributed by atoms with E-state index in [-0.39, 0.29) is 46.4 Å². The zero-order valence-corrected chi connectivity index (χ0v) is 35.1. The van der Waals surface area contributed by atoms with Gasteiger partial charge in [0, 0.05) is 65.2 Å². The number of carbonyl (C=O) groups is 3. The van der Waals surface area contributed by atoms with Crippen LogP contribution in [0.15, 0.2) is 96.2 Å². The fraction of sp³-hybridized carbons (Fsp3) is 0.200. The third kappa shape index (κ3) is 7.78. The van der Waals surface area contributed by atoms with E-state index in [4.69, 9.17) is 27.7 Å². The molecule has 0 radical (unpaired) electrons. The number of amides is 2. The number of aromatic nitrogens is 1. The van der Waals surface area contributed by atoms with E-state index in [1.54, 1.807) is 54.7 Å². The first kappa shape index (κ1) is 40.5. The zero-order chi connectivity index (χ0) is 40.7. The number of nitrogens with one attached hydrogen (secondary N) is 1. The summed E-state index contributed by atoms with van der Waals surface area (Å²) in [5, 5.41) is 17.2. The molecule has 0 fully saturated rings. The maximum absolute atomic E-state index is 14.1. The Morgan fingerprint density at radius 2 is 1.71 bits per heavy atom. The summed E-state index contributed by atoms with van der Waals surface area (Å²) in [6.45, 7) is 0.987. The van der Waals surface area contributed by atoms with Crippen LogP contribution in [0.4, 0.5) is 21.9 Å². The number of hydrogen-bond donors (Lipinski definition) is 4. The molecule has 4 heterocycles. The number of carbonyl (C=O) groups excluding carboxylic acids is 2. The molecule has 0 saturated heterocycles. The molecule has 6 aromatic rings. The normalized spacial score (nSPS) is 15.2. The molecule has 4 N–H and O–H groups in total. The lowest BCUT2D eigenvalue weighted by Gasteiger charge is -2.29. The first-order valence-electron chi connectivity index (χ1n) is 17.9. The van der Waals surface area contributed by atoms with Crippen molar-refractivity contribution >= 4 is 120 Å². The Labute approximate surface area is 354 Å². The second-order valence-corrected chi connectivity index (χ2v) is 18.7. The van der Waals surface area contributed by atoms with Crippen LogP contribution >= 0.6 is 63.9 Å². The Kier molecular flexibility index (Phi) is 11.7. The van der Waals surface area contributed by atoms with Crippen molar-refractivity contribution in [2.75, 3.05) is 45.7 Å². The van der Waals surface area contributed by atoms with Crippen molar-refractivity contribution in [3.8, 4) is 5.75 Å². The molecule has 0 spiro atoms. The van der Waals surface area contributed by atoms with Gasteiger partial charge in [-0.25, -0.2) is 14.3 Å². The van der Waals surface area contributed by atoms with Crippen LogP contribution in [-0.4, -0.2) is 74.3 Å². The molecule has 2 aromatic heterocycles. The van der Waals surface area contributed by atoms with Crippen LogP contribution in [0.5, 0.6) is 5.75 Å². The van der Waals surface area contributed by atoms with Gasteiger partial charge >= 0.3 is 13.9 Å². The van der Waals surface area contributed by atoms with Gasteiger partial charge in [-0.05, 0) is 69.4 Å². The molecular weight excluding hydrogens is 863 g/mol. The highest BCUT2D eigenvalue weighted by Gasteiger charge is 2.37. The average molecular weight is 896 g/mol. The molecule has 58 heavy (non-hydrogen) atoms. The third-order valence-electron chi connectivity index (χ3n) is 10.1. The molecule has 298 valence electrons. The fourth-order valence-corrected chi connectivity index (χ4v) is 11.9. The number of benzene rings is 4. The topological polar surface area (TPSA) is 170 Å². The van der Waals surface area contributed by atoms with Gasteiger partial charge in [0.25, 0.3) is 5.91 Å². The summed E-state index contributed by atoms with van der Waals surface area (Å²) >= 11 is 13.9. The maximum atomic E-state index is 14.1. The standard InChI is InChI=1S/C40H33Cl2N4O8PS3/c41-18-22-20-45(32-17-33(54-55(51,52)53)27-8-3-4-9-28(27)36(22)32)39(48)35-12-11-34(57-35)37(47)29-10-5-14-44-38(29)58-56-21-23(19-42)46(40(49)50)31-16-30-25(13-15-43-30)24-6-1-2-7-26(24)31/h1-12,14,16-17,22-23,43H,13,15,18-21H2,(H,49,50)(H2,51,52,53)/t22-,23-/m1/s1. The molecule has 0 aliphatic carbocycles. The highest BCUT2D eigenvalue weighted by molar-refractivity contribution is 8.76. The molecule has 2 aliphatic rings. The minimum atomic E-state index is -4.94. The molecule has 2 aliphatic heterocycles. The summed E-state index contributed by atoms with van der Waals surface area (Å²) in [5.41, 5.74) is 4.10. The minimum Gasteiger partial charge on any atom is -0.465 e. The van der Waals surface area contributed by atoms with Crippen LogP contribution in [0.25, 0.3) is 21.5 Å². The number of halogens is 2. The van der Waals surface area contributed by atoms with E-state index in [9.17, 15) is 33.8 Å². The monoisotopic (exact) mass is 894 g/mol. The van der Waals surface area contributed by atoms with Crippen molar-refractivity contribution in [2.24, 2.45) is 0 Å². The average Bonchev–Trinajstić information content (AvgIpc) is 3.99. The molecule has 2 amide bonds. The lowest BCUT2D eigenvalue weighted by Crippen LogP contribution is -2.42. The Bertz CT molecular complexity index is 2660. The molecule has 2 atom stereocenters. The highest BCUT2D eigenvalue weighted by Crippen LogP contribution is 2.50. The van der Waals surface area contributed by atoms with Gasteiger partial charge < -0.3 is 19.8 Å². The number of phosphoric acid groups is 1. The fourth-order valence-electron chi connectivity index (χ4n) is 7.58. The number of carboxylic acid groups (broad SMARTS) is 1. The van der Waals surface area contributed by atoms with Crippen molar-refractivity contribution in [1.82, 2.24) is 4.98 Å². The number of alkyl halides is 2. The number of ketones is 1. The number of fused-ring (bicyclic) bond motifs is 6. The molecule has 12 nitrogen and oxygen atoms in total. The van der Waals surface area contributed by atoms with Gasteiger partial charge in [0.1, 0.15) is 10.8 Å². The first-order chi connectivity index (χ1) is 28.0. The Balaban J connectivity index is 1.01. The van der Waals surface area contributed by atoms with Gasteiger partial charge in [0.05, 0.1) is 32.7 Å². The van der Waals surface area contributed by atoms with Gasteiger partial charge in [0.2, 0.25) is 5.78 Å². The van der Waals surface area contributed by atoms with Crippen LogP contribution in [0.2, 0.25) is 0 Å². The van der Waals surface area contributed by atoms with Crippen LogP contribution in [0, 0.1) is 0 Å². The largest absolute Gasteiger partial charge is 0.524 e. The number of anilines is 3. The van der Waals surface area contributed by atoms with Gasteiger partial charge in [-0.3, -0.25) is 24.3 Å². The summed E-state index contributed by atoms with van der Waals surface area (Å²) < 4.78 is 17.0. The number of pyridine rings is 1. The number of thiophene rings is 1. The Morgan fingerprint density at radius 1 is 0.983 bits per heavy atom. The molecular formula is C40H33Cl2N4O8PS3. The summed E-state index contributed by atoms with van der Waals surface area (Å²) in [6, 6.07) is 23.9. The van der Waals surface area contributed by atoms with Crippen molar-refractivity contribution in [1.29, 1.82) is 0 Å². The van der Waals surface area contributed by atoms with Crippen LogP contribution in [-0.2, 0) is 11.0 Å². The van der Waals surface area contributed by atoms with E-state index in [0.29, 0.717) is 37.6 Å². The van der Waals surface area contributed by atoms with Crippen LogP contribution in [0.1, 0.15) is 42.0 Å². The van der Waals surface area contributed by atoms with E-state index < -0.39 is 25.9 Å². The molecule has 8 rings (SSSR count). The summed E-state index contributed by atoms with van der Waals surface area (Å²) in [6.07, 6.45) is 1.29. The second kappa shape index (κ2) is 16.7. The predicted molar refractivity (Wildman–Crippen MR) is 233 cm³/mol. The predicted octanol–water partition coefficient (Wildman–Crippen LogP) is 9.64. The summed E-state index contributed by atoms with van der Waals surface area (Å²) in [7, 11) is -2.36. The van der Waals surface area contributed by atoms with Crippen molar-refractivity contribution < 1.29 is 38.4 Å². The van der Waals surface area contributed by atoms with Gasteiger partial charge in [-0.1, -0.05) is 59.3 Å². The minimum absolute atomic E-state index is 0.0278. The van der Waals surface area contributed by atoms with E-state index in [1.165, 1.54) is 37.5 Å². The lowest BCUT2D eigenvalue weighted by molar-refractivity contribution is 0.0991. The van der Waals surface area contributed by atoms with E-state index in [2.05, 4.69) is 10.3 Å². The lowest BCUT2D eigenvalue weighted by atomic mass is 9.95. The van der Waals surface area contributed by atoms with E-state index in [0.717, 1.165) is 51.9 Å². The number of nitrogens with zero attached hydrogens (tertiary/aromatic N) is 3. The zero-order valence-electron chi connectivity index (χ0n) is 30.2. The van der Waals surface area contributed by atoms with E-state index in [1.807, 2.05) is 30.3 Å². The SMILES string of the molecule is O=C(c1ccc(C(=O)N2C[C@@H](CCl)c3c2cc(OP(=O)(O)O)c2ccccc32)s1)c1cccnc1SSC[C@@H](CCl)N(C(=O)O)c1cc2c(c3ccccc13)CCN2. The van der Waals surface area contributed by atoms with Gasteiger partial charge in [-0.15, -0.1) is 34.5 Å². The van der Waals surface area contributed by atoms with Gasteiger partial charge in [-0.2, -0.15) is 0 Å². The summed E-state index contributed by atoms with van der Waals surface area (Å²) in [5.74, 6) is -0.586. The molecule has 0 bridgehead atoms. The Hall–Kier alpha value is -4.31. The quantitative estimate of drug-likeness (QED) is 0.0375. The van der Waals surface area contributed by atoms with Crippen molar-refractivity contribution in [3.63, 3.8) is 0 Å². The highest BCUT2D eigenvalue weighted by atomic mass is 35.5. The van der Waals surface area contributed by atoms with Crippen LogP contribution in [0.3, 0.4) is 0 Å². The molecule has 0 unspecified atom stereocenters. The first-order valence-corrected chi connectivity index (χ1v) is 23.6. The number of hydrogen-bond acceptors (Lipinski definition) is 10. The summed E-state index contributed by atoms with van der Waals surface area (Å²) in [4.78, 5) is 68.1. The van der Waals surface area contributed by atoms with E-state index >= 15 is 0 Å². The van der Waals surface area contributed by atoms with Crippen molar-refractivity contribution in [2.45, 2.75) is 23.4 Å². The Morgan fingerprint density at radius 3 is 2.43 bits per heavy atom. The molecule has 0 saturated carbocycles. The van der Waals surface area contributed by atoms with Crippen molar-refractivity contribution in [3.05, 3.63) is 118 Å². The number of rotatable bonds is 13. The molecule has 4 aromatic carbocycles. The molecule has 18 heteroatoms. The van der Waals surface area contributed by atoms with Crippen LogP contribution < -0.4 is 19.6 Å². The second-order valence-electron chi connectivity index (χ2n) is 13.5.